The lowest BCUT2D eigenvalue weighted by Gasteiger charge is -2.21. The average Bonchev–Trinajstić information content (AvgIpc) is 2.23. The maximum Gasteiger partial charge on any atom is 0.364 e. The Labute approximate surface area is 117 Å². The van der Waals surface area contributed by atoms with Crippen molar-refractivity contribution in [2.24, 2.45) is 5.16 Å². The number of oxime groups is 1. The highest BCUT2D eigenvalue weighted by Gasteiger charge is 2.26. The van der Waals surface area contributed by atoms with E-state index in [1.165, 1.54) is 12.5 Å². The van der Waals surface area contributed by atoms with Crippen molar-refractivity contribution < 1.29 is 23.0 Å². The van der Waals surface area contributed by atoms with Crippen molar-refractivity contribution >= 4 is 36.6 Å². The summed E-state index contributed by atoms with van der Waals surface area (Å²) >= 11 is 0.225. The molecule has 0 saturated heterocycles. The smallest absolute Gasteiger partial charge is 0.364 e. The second kappa shape index (κ2) is 7.90. The molecule has 0 amide bonds. The molecule has 108 valence electrons. The predicted octanol–water partition coefficient (Wildman–Crippen LogP) is 1.30. The van der Waals surface area contributed by atoms with Gasteiger partial charge in [-0.3, -0.25) is 0 Å². The van der Waals surface area contributed by atoms with Crippen LogP contribution in [0.25, 0.3) is 0 Å². The second-order valence-electron chi connectivity index (χ2n) is 4.60. The molecule has 0 aliphatic heterocycles. The van der Waals surface area contributed by atoms with Gasteiger partial charge in [-0.25, -0.2) is 9.00 Å². The van der Waals surface area contributed by atoms with Gasteiger partial charge in [-0.2, -0.15) is 0 Å². The number of ether oxygens (including phenoxy) is 1. The van der Waals surface area contributed by atoms with Gasteiger partial charge in [0.2, 0.25) is 14.0 Å². The fourth-order valence-corrected chi connectivity index (χ4v) is 2.09. The molecule has 0 aromatic rings. The molecule has 1 unspecified atom stereocenters. The first-order valence-electron chi connectivity index (χ1n) is 5.53. The number of rotatable bonds is 7. The maximum atomic E-state index is 11.9. The molecule has 0 aromatic heterocycles. The minimum absolute atomic E-state index is 0.105. The summed E-state index contributed by atoms with van der Waals surface area (Å²) in [5, 5.41) is 4.80. The molecule has 1 atom stereocenters. The molecule has 0 heterocycles. The number of hydrogen-bond acceptors (Lipinski definition) is 6. The van der Waals surface area contributed by atoms with Gasteiger partial charge in [0, 0.05) is 5.37 Å². The molecule has 0 aromatic carbocycles. The van der Waals surface area contributed by atoms with Crippen LogP contribution in [0.1, 0.15) is 6.92 Å². The van der Waals surface area contributed by atoms with Crippen molar-refractivity contribution in [1.29, 1.82) is 0 Å². The summed E-state index contributed by atoms with van der Waals surface area (Å²) in [6.07, 6.45) is -0.642. The van der Waals surface area contributed by atoms with Crippen LogP contribution in [0.15, 0.2) is 17.5 Å². The van der Waals surface area contributed by atoms with E-state index in [-0.39, 0.29) is 22.7 Å². The summed E-state index contributed by atoms with van der Waals surface area (Å²) in [6.45, 7) is 11.1. The van der Waals surface area contributed by atoms with E-state index in [1.54, 1.807) is 6.92 Å². The third-order valence-corrected chi connectivity index (χ3v) is 2.96. The first kappa shape index (κ1) is 17.6. The van der Waals surface area contributed by atoms with Crippen molar-refractivity contribution in [3.8, 4) is 0 Å². The molecule has 0 bridgehead atoms. The quantitative estimate of drug-likeness (QED) is 0.177. The van der Waals surface area contributed by atoms with E-state index in [0.717, 1.165) is 0 Å². The van der Waals surface area contributed by atoms with Gasteiger partial charge in [0.15, 0.2) is 0 Å². The van der Waals surface area contributed by atoms with Gasteiger partial charge in [0.25, 0.3) is 0 Å². The standard InChI is InChI=1S/C11H19NO5SSi/c1-8(7-18-14)16-11(13)10(12-15-3)9(2)17-19(4,5)6/h7-8H,2H2,1,3-6H3/b12-10+. The predicted molar refractivity (Wildman–Crippen MR) is 77.8 cm³/mol. The van der Waals surface area contributed by atoms with Gasteiger partial charge in [0.1, 0.15) is 19.0 Å². The van der Waals surface area contributed by atoms with E-state index < -0.39 is 20.4 Å². The van der Waals surface area contributed by atoms with Gasteiger partial charge < -0.3 is 14.0 Å². The lowest BCUT2D eigenvalue weighted by molar-refractivity contribution is -0.137. The van der Waals surface area contributed by atoms with E-state index in [9.17, 15) is 9.00 Å². The Morgan fingerprint density at radius 3 is 2.42 bits per heavy atom. The minimum atomic E-state index is -1.92. The molecule has 0 N–H and O–H groups in total. The lowest BCUT2D eigenvalue weighted by Crippen LogP contribution is -2.31. The maximum absolute atomic E-state index is 11.9. The zero-order chi connectivity index (χ0) is 15.1. The number of esters is 1. The summed E-state index contributed by atoms with van der Waals surface area (Å²) in [7, 11) is -0.615. The fraction of sp³-hybridized carbons (Fsp3) is 0.545. The Kier molecular flexibility index (Phi) is 7.31. The highest BCUT2D eigenvalue weighted by atomic mass is 32.1. The molecule has 0 aliphatic carbocycles. The first-order chi connectivity index (χ1) is 8.71. The van der Waals surface area contributed by atoms with Crippen LogP contribution >= 0.6 is 0 Å². The summed E-state index contributed by atoms with van der Waals surface area (Å²) in [5.74, 6) is -0.643. The highest BCUT2D eigenvalue weighted by molar-refractivity contribution is 7.64. The van der Waals surface area contributed by atoms with Crippen LogP contribution in [0.5, 0.6) is 0 Å². The van der Waals surface area contributed by atoms with E-state index in [4.69, 9.17) is 9.16 Å². The van der Waals surface area contributed by atoms with Crippen LogP contribution < -0.4 is 0 Å². The number of hydrogen-bond donors (Lipinski definition) is 0. The van der Waals surface area contributed by atoms with Crippen molar-refractivity contribution in [2.75, 3.05) is 7.11 Å². The van der Waals surface area contributed by atoms with Gasteiger partial charge in [-0.05, 0) is 26.6 Å². The Bertz CT molecular complexity index is 423. The second-order valence-corrected chi connectivity index (χ2v) is 9.50. The Hall–Kier alpha value is -1.41. The van der Waals surface area contributed by atoms with E-state index in [1.807, 2.05) is 19.6 Å². The fourth-order valence-electron chi connectivity index (χ4n) is 1.04. The summed E-state index contributed by atoms with van der Waals surface area (Å²) in [6, 6.07) is 0. The zero-order valence-electron chi connectivity index (χ0n) is 11.8. The summed E-state index contributed by atoms with van der Waals surface area (Å²) in [5.41, 5.74) is -0.138. The average molecular weight is 305 g/mol. The summed E-state index contributed by atoms with van der Waals surface area (Å²) in [4.78, 5) is 16.4. The summed E-state index contributed by atoms with van der Waals surface area (Å²) < 4.78 is 20.9. The highest BCUT2D eigenvalue weighted by Crippen LogP contribution is 2.11. The molecule has 0 rings (SSSR count). The minimum Gasteiger partial charge on any atom is -0.543 e. The largest absolute Gasteiger partial charge is 0.543 e. The van der Waals surface area contributed by atoms with Gasteiger partial charge in [-0.1, -0.05) is 11.7 Å². The Balaban J connectivity index is 4.92. The topological polar surface area (TPSA) is 74.2 Å². The lowest BCUT2D eigenvalue weighted by atomic mass is 10.3. The third-order valence-electron chi connectivity index (χ3n) is 1.61. The molecule has 0 spiro atoms. The SMILES string of the molecule is C=C(O[Si](C)(C)C)/C(=N\OC)C(=O)OC(C)C=S=O. The van der Waals surface area contributed by atoms with Gasteiger partial charge in [-0.15, -0.1) is 0 Å². The molecule has 6 nitrogen and oxygen atoms in total. The molecular formula is C11H19NO5SSi. The van der Waals surface area contributed by atoms with Crippen molar-refractivity contribution in [3.63, 3.8) is 0 Å². The number of carbonyl (C=O) groups is 1. The molecule has 19 heavy (non-hydrogen) atoms. The molecule has 0 aliphatic rings. The number of nitrogens with zero attached hydrogens (tertiary/aromatic N) is 1. The molecule has 0 radical (unpaired) electrons. The zero-order valence-corrected chi connectivity index (χ0v) is 13.6. The van der Waals surface area contributed by atoms with Crippen molar-refractivity contribution in [3.05, 3.63) is 12.3 Å². The Morgan fingerprint density at radius 1 is 1.42 bits per heavy atom. The van der Waals surface area contributed by atoms with Crippen LogP contribution in [-0.4, -0.2) is 42.8 Å². The molecule has 0 fully saturated rings. The van der Waals surface area contributed by atoms with Crippen LogP contribution in [0, 0.1) is 0 Å². The van der Waals surface area contributed by atoms with Gasteiger partial charge >= 0.3 is 5.97 Å². The van der Waals surface area contributed by atoms with E-state index in [0.29, 0.717) is 0 Å². The number of carbonyl (C=O) groups excluding carboxylic acids is 1. The monoisotopic (exact) mass is 305 g/mol. The van der Waals surface area contributed by atoms with E-state index >= 15 is 0 Å². The molecule has 0 saturated carbocycles. The normalized spacial score (nSPS) is 13.2. The van der Waals surface area contributed by atoms with E-state index in [2.05, 4.69) is 16.6 Å². The Morgan fingerprint density at radius 2 is 2.00 bits per heavy atom. The van der Waals surface area contributed by atoms with Gasteiger partial charge in [0.05, 0.1) is 11.3 Å². The van der Waals surface area contributed by atoms with Crippen LogP contribution in [0.3, 0.4) is 0 Å². The molecular weight excluding hydrogens is 286 g/mol. The van der Waals surface area contributed by atoms with Crippen LogP contribution in [0.4, 0.5) is 0 Å². The van der Waals surface area contributed by atoms with Crippen LogP contribution in [0.2, 0.25) is 19.6 Å². The van der Waals surface area contributed by atoms with Crippen LogP contribution in [-0.2, 0) is 30.1 Å². The first-order valence-corrected chi connectivity index (χ1v) is 9.75. The molecule has 8 heteroatoms. The third kappa shape index (κ3) is 7.57. The van der Waals surface area contributed by atoms with Crippen molar-refractivity contribution in [1.82, 2.24) is 0 Å². The van der Waals surface area contributed by atoms with Crippen molar-refractivity contribution in [2.45, 2.75) is 32.7 Å².